The van der Waals surface area contributed by atoms with Gasteiger partial charge in [0.25, 0.3) is 5.91 Å². The number of piperidine rings is 1. The van der Waals surface area contributed by atoms with Crippen LogP contribution < -0.4 is 19.7 Å². The molecule has 1 unspecified atom stereocenters. The molecular weight excluding hydrogens is 620 g/mol. The topological polar surface area (TPSA) is 114 Å². The monoisotopic (exact) mass is 652 g/mol. The van der Waals surface area contributed by atoms with Crippen LogP contribution in [0.4, 0.5) is 23.2 Å². The molecule has 14 heteroatoms. The first-order chi connectivity index (χ1) is 21.4. The lowest BCUT2D eigenvalue weighted by Crippen LogP contribution is -2.45. The van der Waals surface area contributed by atoms with Crippen molar-refractivity contribution in [2.45, 2.75) is 55.6 Å². The van der Waals surface area contributed by atoms with E-state index in [-0.39, 0.29) is 40.2 Å². The van der Waals surface area contributed by atoms with Crippen LogP contribution in [0.2, 0.25) is 0 Å². The molecule has 0 saturated carbocycles. The van der Waals surface area contributed by atoms with Crippen molar-refractivity contribution in [1.82, 2.24) is 5.32 Å². The fourth-order valence-corrected chi connectivity index (χ4v) is 6.43. The van der Waals surface area contributed by atoms with Crippen LogP contribution in [0, 0.1) is 0 Å². The summed E-state index contributed by atoms with van der Waals surface area (Å²) < 4.78 is 90.8. The minimum atomic E-state index is -3.75. The van der Waals surface area contributed by atoms with Crippen LogP contribution in [0.15, 0.2) is 71.6 Å². The second-order valence-corrected chi connectivity index (χ2v) is 13.1. The van der Waals surface area contributed by atoms with Gasteiger partial charge in [-0.15, -0.1) is 8.78 Å². The summed E-state index contributed by atoms with van der Waals surface area (Å²) in [6, 6.07) is 15.8. The van der Waals surface area contributed by atoms with Crippen molar-refractivity contribution in [3.8, 4) is 11.5 Å². The van der Waals surface area contributed by atoms with Crippen molar-refractivity contribution in [2.75, 3.05) is 30.4 Å². The molecule has 5 rings (SSSR count). The van der Waals surface area contributed by atoms with Gasteiger partial charge >= 0.3 is 12.9 Å². The number of aliphatic hydroxyl groups is 1. The summed E-state index contributed by atoms with van der Waals surface area (Å²) >= 11 is 0. The fraction of sp³-hybridized carbons (Fsp3) is 0.387. The zero-order valence-corrected chi connectivity index (χ0v) is 25.0. The number of ether oxygens (including phenoxy) is 3. The summed E-state index contributed by atoms with van der Waals surface area (Å²) in [5.41, 5.74) is 2.15. The summed E-state index contributed by atoms with van der Waals surface area (Å²) in [6.07, 6.45) is -2.69. The molecule has 1 amide bonds. The van der Waals surface area contributed by atoms with Gasteiger partial charge < -0.3 is 29.5 Å². The zero-order valence-electron chi connectivity index (χ0n) is 24.2. The van der Waals surface area contributed by atoms with E-state index in [4.69, 9.17) is 0 Å². The zero-order chi connectivity index (χ0) is 32.4. The number of sulfone groups is 1. The van der Waals surface area contributed by atoms with E-state index in [0.717, 1.165) is 5.56 Å². The van der Waals surface area contributed by atoms with Crippen molar-refractivity contribution >= 4 is 21.4 Å². The van der Waals surface area contributed by atoms with Crippen LogP contribution in [0.3, 0.4) is 0 Å². The quantitative estimate of drug-likeness (QED) is 0.270. The third-order valence-corrected chi connectivity index (χ3v) is 9.74. The standard InChI is InChI=1S/C31H32F4N2O7S/c1-2-45(40,41)25-12-6-19(7-13-25)26(17-38)36-29(39)20-3-9-23(10-4-20)37-16-22(5-11-24(37)18-42-30(32)33)21-8-14-27-28(15-21)44-31(34,35)43-27/h3-4,6-10,12-15,22,24,26,30,38H,2,5,11,16-18H2,1H3,(H,36,39)/t22-,24?,26-/m0/s1. The van der Waals surface area contributed by atoms with Crippen molar-refractivity contribution in [3.05, 3.63) is 83.4 Å². The van der Waals surface area contributed by atoms with Crippen molar-refractivity contribution in [2.24, 2.45) is 0 Å². The van der Waals surface area contributed by atoms with Gasteiger partial charge in [-0.1, -0.05) is 25.1 Å². The van der Waals surface area contributed by atoms with Crippen LogP contribution in [0.25, 0.3) is 0 Å². The summed E-state index contributed by atoms with van der Waals surface area (Å²) in [5.74, 6) is -0.843. The van der Waals surface area contributed by atoms with Crippen LogP contribution in [0.1, 0.15) is 53.2 Å². The Bertz CT molecular complexity index is 1610. The largest absolute Gasteiger partial charge is 0.586 e. The number of alkyl halides is 4. The highest BCUT2D eigenvalue weighted by Crippen LogP contribution is 2.44. The summed E-state index contributed by atoms with van der Waals surface area (Å²) in [5, 5.41) is 12.7. The summed E-state index contributed by atoms with van der Waals surface area (Å²) in [7, 11) is -3.40. The lowest BCUT2D eigenvalue weighted by atomic mass is 9.87. The number of nitrogens with one attached hydrogen (secondary N) is 1. The Balaban J connectivity index is 1.30. The molecular formula is C31H32F4N2O7S. The molecule has 1 fully saturated rings. The van der Waals surface area contributed by atoms with Gasteiger partial charge in [-0.25, -0.2) is 8.42 Å². The molecule has 3 atom stereocenters. The predicted octanol–water partition coefficient (Wildman–Crippen LogP) is 5.26. The van der Waals surface area contributed by atoms with E-state index in [1.807, 2.05) is 4.90 Å². The Hall–Kier alpha value is -3.88. The van der Waals surface area contributed by atoms with Crippen molar-refractivity contribution < 1.29 is 50.1 Å². The first-order valence-corrected chi connectivity index (χ1v) is 15.9. The second-order valence-electron chi connectivity index (χ2n) is 10.8. The second kappa shape index (κ2) is 13.2. The number of rotatable bonds is 11. The van der Waals surface area contributed by atoms with Crippen molar-refractivity contribution in [1.29, 1.82) is 0 Å². The van der Waals surface area contributed by atoms with E-state index in [9.17, 15) is 35.9 Å². The average Bonchev–Trinajstić information content (AvgIpc) is 3.35. The number of anilines is 1. The first kappa shape index (κ1) is 32.5. The normalized spacial score (nSPS) is 19.8. The lowest BCUT2D eigenvalue weighted by Gasteiger charge is -2.41. The molecule has 1 saturated heterocycles. The predicted molar refractivity (Wildman–Crippen MR) is 156 cm³/mol. The molecule has 9 nitrogen and oxygen atoms in total. The number of aliphatic hydroxyl groups excluding tert-OH is 1. The van der Waals surface area contributed by atoms with Crippen LogP contribution in [-0.2, 0) is 14.6 Å². The molecule has 2 aliphatic rings. The van der Waals surface area contributed by atoms with Crippen molar-refractivity contribution in [3.63, 3.8) is 0 Å². The van der Waals surface area contributed by atoms with Gasteiger partial charge in [-0.2, -0.15) is 8.78 Å². The molecule has 242 valence electrons. The highest BCUT2D eigenvalue weighted by molar-refractivity contribution is 7.91. The lowest BCUT2D eigenvalue weighted by molar-refractivity contribution is -0.286. The molecule has 2 heterocycles. The van der Waals surface area contributed by atoms with Gasteiger partial charge in [0, 0.05) is 23.7 Å². The molecule has 0 aliphatic carbocycles. The summed E-state index contributed by atoms with van der Waals surface area (Å²) in [6.45, 7) is -1.72. The smallest absolute Gasteiger partial charge is 0.395 e. The highest BCUT2D eigenvalue weighted by atomic mass is 32.2. The van der Waals surface area contributed by atoms with E-state index < -0.39 is 47.3 Å². The number of amides is 1. The molecule has 45 heavy (non-hydrogen) atoms. The van der Waals surface area contributed by atoms with Crippen LogP contribution >= 0.6 is 0 Å². The number of benzene rings is 3. The Morgan fingerprint density at radius 2 is 1.73 bits per heavy atom. The van der Waals surface area contributed by atoms with Gasteiger partial charge in [-0.05, 0) is 72.5 Å². The van der Waals surface area contributed by atoms with Gasteiger partial charge in [0.05, 0.1) is 35.9 Å². The van der Waals surface area contributed by atoms with Crippen LogP contribution in [-0.4, -0.2) is 63.9 Å². The number of carbonyl (C=O) groups excluding carboxylic acids is 1. The Kier molecular flexibility index (Phi) is 9.56. The minimum Gasteiger partial charge on any atom is -0.395 e. The maximum absolute atomic E-state index is 13.5. The SMILES string of the molecule is CCS(=O)(=O)c1ccc([C@H](CO)NC(=O)c2ccc(N3C[C@@H](c4ccc5c(c4)OC(F)(F)O5)CCC3COC(F)F)cc2)cc1. The van der Waals surface area contributed by atoms with E-state index >= 15 is 0 Å². The number of carbonyl (C=O) groups is 1. The van der Waals surface area contributed by atoms with E-state index in [1.165, 1.54) is 43.3 Å². The molecule has 2 aliphatic heterocycles. The first-order valence-electron chi connectivity index (χ1n) is 14.3. The fourth-order valence-electron chi connectivity index (χ4n) is 5.55. The van der Waals surface area contributed by atoms with E-state index in [2.05, 4.69) is 19.5 Å². The molecule has 0 radical (unpaired) electrons. The molecule has 0 spiro atoms. The van der Waals surface area contributed by atoms with E-state index in [1.54, 1.807) is 30.3 Å². The number of hydrogen-bond donors (Lipinski definition) is 2. The maximum atomic E-state index is 13.5. The highest BCUT2D eigenvalue weighted by Gasteiger charge is 2.44. The molecule has 0 aromatic heterocycles. The Morgan fingerprint density at radius 3 is 2.38 bits per heavy atom. The van der Waals surface area contributed by atoms with E-state index in [0.29, 0.717) is 30.6 Å². The third kappa shape index (κ3) is 7.51. The maximum Gasteiger partial charge on any atom is 0.586 e. The van der Waals surface area contributed by atoms with Gasteiger partial charge in [-0.3, -0.25) is 4.79 Å². The summed E-state index contributed by atoms with van der Waals surface area (Å²) in [4.78, 5) is 15.1. The third-order valence-electron chi connectivity index (χ3n) is 7.99. The molecule has 3 aromatic rings. The number of nitrogens with zero attached hydrogens (tertiary/aromatic N) is 1. The van der Waals surface area contributed by atoms with Gasteiger partial charge in [0.2, 0.25) is 0 Å². The molecule has 2 N–H and O–H groups in total. The minimum absolute atomic E-state index is 0.0551. The van der Waals surface area contributed by atoms with Gasteiger partial charge in [0.15, 0.2) is 21.3 Å². The average molecular weight is 653 g/mol. The molecule has 0 bridgehead atoms. The van der Waals surface area contributed by atoms with Gasteiger partial charge in [0.1, 0.15) is 0 Å². The molecule has 3 aromatic carbocycles. The number of hydrogen-bond acceptors (Lipinski definition) is 8. The Morgan fingerprint density at radius 1 is 1.04 bits per heavy atom. The number of fused-ring (bicyclic) bond motifs is 1. The Labute approximate surface area is 257 Å². The number of halogens is 4. The van der Waals surface area contributed by atoms with Crippen LogP contribution in [0.5, 0.6) is 11.5 Å².